The summed E-state index contributed by atoms with van der Waals surface area (Å²) in [7, 11) is 0. The van der Waals surface area contributed by atoms with Crippen molar-refractivity contribution in [2.24, 2.45) is 0 Å². The van der Waals surface area contributed by atoms with Crippen LogP contribution in [0.4, 0.5) is 0 Å². The minimum atomic E-state index is -0.166. The number of benzene rings is 2. The molecule has 0 aliphatic carbocycles. The molecule has 1 aliphatic heterocycles. The molecule has 3 rings (SSSR count). The molecule has 1 N–H and O–H groups in total. The number of carbonyl (C=O) groups excluding carboxylic acids is 3. The van der Waals surface area contributed by atoms with Gasteiger partial charge in [0.2, 0.25) is 11.8 Å². The Balaban J connectivity index is 1.43. The minimum absolute atomic E-state index is 0.0423. The van der Waals surface area contributed by atoms with Gasteiger partial charge in [-0.2, -0.15) is 0 Å². The SMILES string of the molecule is CCN(CC)C(=O)CN1CCCN(C(=O)CCNC(=O)c2ccc3ccccc3c2)CC1. The molecule has 0 bridgehead atoms. The molecule has 1 fully saturated rings. The number of amides is 3. The van der Waals surface area contributed by atoms with Crippen LogP contribution in [0.3, 0.4) is 0 Å². The Morgan fingerprint density at radius 3 is 2.44 bits per heavy atom. The highest BCUT2D eigenvalue weighted by molar-refractivity contribution is 5.98. The van der Waals surface area contributed by atoms with Gasteiger partial charge in [0, 0.05) is 57.8 Å². The molecule has 7 heteroatoms. The number of nitrogens with one attached hydrogen (secondary N) is 1. The van der Waals surface area contributed by atoms with Gasteiger partial charge >= 0.3 is 0 Å². The number of fused-ring (bicyclic) bond motifs is 1. The molecule has 0 radical (unpaired) electrons. The topological polar surface area (TPSA) is 73.0 Å². The third-order valence-electron chi connectivity index (χ3n) is 6.05. The standard InChI is InChI=1S/C25H34N4O3/c1-3-28(4-2)24(31)19-27-14-7-15-29(17-16-27)23(30)12-13-26-25(32)22-11-10-20-8-5-6-9-21(20)18-22/h5-6,8-11,18H,3-4,7,12-17,19H2,1-2H3,(H,26,32). The number of hydrogen-bond acceptors (Lipinski definition) is 4. The van der Waals surface area contributed by atoms with E-state index in [4.69, 9.17) is 0 Å². The first kappa shape index (κ1) is 23.7. The quantitative estimate of drug-likeness (QED) is 0.687. The van der Waals surface area contributed by atoms with Crippen LogP contribution in [0.1, 0.15) is 37.0 Å². The van der Waals surface area contributed by atoms with E-state index in [1.54, 1.807) is 0 Å². The lowest BCUT2D eigenvalue weighted by atomic mass is 10.1. The molecule has 1 heterocycles. The Hall–Kier alpha value is -2.93. The van der Waals surface area contributed by atoms with E-state index in [0.717, 1.165) is 36.8 Å². The first-order chi connectivity index (χ1) is 15.5. The summed E-state index contributed by atoms with van der Waals surface area (Å²) in [4.78, 5) is 43.3. The summed E-state index contributed by atoms with van der Waals surface area (Å²) in [6.45, 7) is 8.95. The van der Waals surface area contributed by atoms with Crippen molar-refractivity contribution in [1.82, 2.24) is 20.0 Å². The number of hydrogen-bond donors (Lipinski definition) is 1. The molecule has 0 spiro atoms. The molecule has 172 valence electrons. The second-order valence-electron chi connectivity index (χ2n) is 8.14. The summed E-state index contributed by atoms with van der Waals surface area (Å²) in [6.07, 6.45) is 1.12. The van der Waals surface area contributed by atoms with Gasteiger partial charge < -0.3 is 15.1 Å². The Labute approximate surface area is 190 Å². The van der Waals surface area contributed by atoms with Crippen LogP contribution in [0.2, 0.25) is 0 Å². The van der Waals surface area contributed by atoms with Gasteiger partial charge in [-0.15, -0.1) is 0 Å². The molecule has 7 nitrogen and oxygen atoms in total. The summed E-state index contributed by atoms with van der Waals surface area (Å²) in [5, 5.41) is 4.97. The van der Waals surface area contributed by atoms with Crippen LogP contribution in [-0.4, -0.2) is 84.8 Å². The van der Waals surface area contributed by atoms with E-state index in [2.05, 4.69) is 10.2 Å². The maximum Gasteiger partial charge on any atom is 0.251 e. The van der Waals surface area contributed by atoms with Gasteiger partial charge in [0.25, 0.3) is 5.91 Å². The van der Waals surface area contributed by atoms with Crippen LogP contribution in [0.15, 0.2) is 42.5 Å². The van der Waals surface area contributed by atoms with E-state index in [1.165, 1.54) is 0 Å². The number of rotatable bonds is 8. The second kappa shape index (κ2) is 11.6. The van der Waals surface area contributed by atoms with Gasteiger partial charge in [-0.3, -0.25) is 19.3 Å². The number of nitrogens with zero attached hydrogens (tertiary/aromatic N) is 3. The van der Waals surface area contributed by atoms with Crippen molar-refractivity contribution in [1.29, 1.82) is 0 Å². The van der Waals surface area contributed by atoms with Crippen LogP contribution in [0, 0.1) is 0 Å². The van der Waals surface area contributed by atoms with E-state index in [0.29, 0.717) is 38.3 Å². The molecule has 0 unspecified atom stereocenters. The minimum Gasteiger partial charge on any atom is -0.352 e. The highest BCUT2D eigenvalue weighted by Crippen LogP contribution is 2.15. The van der Waals surface area contributed by atoms with E-state index in [-0.39, 0.29) is 24.1 Å². The van der Waals surface area contributed by atoms with Crippen molar-refractivity contribution < 1.29 is 14.4 Å². The monoisotopic (exact) mass is 438 g/mol. The third-order valence-corrected chi connectivity index (χ3v) is 6.05. The summed E-state index contributed by atoms with van der Waals surface area (Å²) in [5.41, 5.74) is 0.597. The summed E-state index contributed by atoms with van der Waals surface area (Å²) < 4.78 is 0. The maximum atomic E-state index is 12.7. The van der Waals surface area contributed by atoms with Crippen LogP contribution < -0.4 is 5.32 Å². The van der Waals surface area contributed by atoms with Crippen molar-refractivity contribution >= 4 is 28.5 Å². The highest BCUT2D eigenvalue weighted by Gasteiger charge is 2.21. The lowest BCUT2D eigenvalue weighted by Gasteiger charge is -2.25. The normalized spacial score (nSPS) is 14.8. The average molecular weight is 439 g/mol. The largest absolute Gasteiger partial charge is 0.352 e. The fourth-order valence-corrected chi connectivity index (χ4v) is 4.12. The number of carbonyl (C=O) groups is 3. The molecule has 0 atom stereocenters. The summed E-state index contributed by atoms with van der Waals surface area (Å²) >= 11 is 0. The molecule has 2 aromatic carbocycles. The van der Waals surface area contributed by atoms with E-state index in [9.17, 15) is 14.4 Å². The Bertz CT molecular complexity index is 942. The van der Waals surface area contributed by atoms with Crippen LogP contribution in [-0.2, 0) is 9.59 Å². The Morgan fingerprint density at radius 1 is 0.938 bits per heavy atom. The number of likely N-dealkylation sites (N-methyl/N-ethyl adjacent to an activating group) is 1. The molecule has 3 amide bonds. The lowest BCUT2D eigenvalue weighted by Crippen LogP contribution is -2.42. The van der Waals surface area contributed by atoms with Gasteiger partial charge in [0.1, 0.15) is 0 Å². The molecule has 1 saturated heterocycles. The van der Waals surface area contributed by atoms with Crippen LogP contribution in [0.5, 0.6) is 0 Å². The molecule has 1 aliphatic rings. The van der Waals surface area contributed by atoms with Crippen LogP contribution >= 0.6 is 0 Å². The zero-order valence-corrected chi connectivity index (χ0v) is 19.2. The second-order valence-corrected chi connectivity index (χ2v) is 8.14. The van der Waals surface area contributed by atoms with Crippen molar-refractivity contribution in [3.05, 3.63) is 48.0 Å². The van der Waals surface area contributed by atoms with E-state index < -0.39 is 0 Å². The highest BCUT2D eigenvalue weighted by atomic mass is 16.2. The molecule has 0 aromatic heterocycles. The van der Waals surface area contributed by atoms with E-state index >= 15 is 0 Å². The van der Waals surface area contributed by atoms with Crippen molar-refractivity contribution in [3.63, 3.8) is 0 Å². The first-order valence-corrected chi connectivity index (χ1v) is 11.6. The molecular formula is C25H34N4O3. The lowest BCUT2D eigenvalue weighted by molar-refractivity contribution is -0.132. The smallest absolute Gasteiger partial charge is 0.251 e. The molecule has 2 aromatic rings. The van der Waals surface area contributed by atoms with Gasteiger partial charge in [0.15, 0.2) is 0 Å². The van der Waals surface area contributed by atoms with Crippen molar-refractivity contribution in [2.75, 3.05) is 52.4 Å². The van der Waals surface area contributed by atoms with Crippen molar-refractivity contribution in [3.8, 4) is 0 Å². The first-order valence-electron chi connectivity index (χ1n) is 11.6. The van der Waals surface area contributed by atoms with Gasteiger partial charge in [-0.05, 0) is 43.2 Å². The summed E-state index contributed by atoms with van der Waals surface area (Å²) in [5.74, 6) is 0.0208. The maximum absolute atomic E-state index is 12.7. The van der Waals surface area contributed by atoms with E-state index in [1.807, 2.05) is 66.1 Å². The van der Waals surface area contributed by atoms with Gasteiger partial charge in [-0.25, -0.2) is 0 Å². The van der Waals surface area contributed by atoms with Gasteiger partial charge in [-0.1, -0.05) is 30.3 Å². The van der Waals surface area contributed by atoms with Gasteiger partial charge in [0.05, 0.1) is 6.54 Å². The predicted molar refractivity (Wildman–Crippen MR) is 126 cm³/mol. The fraction of sp³-hybridized carbons (Fsp3) is 0.480. The average Bonchev–Trinajstić information content (AvgIpc) is 3.05. The Morgan fingerprint density at radius 2 is 1.69 bits per heavy atom. The summed E-state index contributed by atoms with van der Waals surface area (Å²) in [6, 6.07) is 13.5. The molecular weight excluding hydrogens is 404 g/mol. The Kier molecular flexibility index (Phi) is 8.62. The zero-order chi connectivity index (χ0) is 22.9. The third kappa shape index (κ3) is 6.29. The zero-order valence-electron chi connectivity index (χ0n) is 19.2. The molecule has 32 heavy (non-hydrogen) atoms. The predicted octanol–water partition coefficient (Wildman–Crippen LogP) is 2.36. The molecule has 0 saturated carbocycles. The fourth-order valence-electron chi connectivity index (χ4n) is 4.12. The van der Waals surface area contributed by atoms with Crippen molar-refractivity contribution in [2.45, 2.75) is 26.7 Å². The van der Waals surface area contributed by atoms with Crippen LogP contribution in [0.25, 0.3) is 10.8 Å².